The van der Waals surface area contributed by atoms with Crippen LogP contribution in [0.1, 0.15) is 19.2 Å². The van der Waals surface area contributed by atoms with Crippen LogP contribution in [0.4, 0.5) is 5.82 Å². The van der Waals surface area contributed by atoms with Gasteiger partial charge in [0.2, 0.25) is 5.91 Å². The SMILES string of the molecule is Cc1nc(N2CCC(=O)NCC2C)c2cnn(C)c2n1. The maximum absolute atomic E-state index is 11.6. The molecule has 0 spiro atoms. The summed E-state index contributed by atoms with van der Waals surface area (Å²) < 4.78 is 1.75. The summed E-state index contributed by atoms with van der Waals surface area (Å²) in [6.07, 6.45) is 2.27. The molecule has 1 atom stereocenters. The normalized spacial score (nSPS) is 20.1. The van der Waals surface area contributed by atoms with E-state index in [-0.39, 0.29) is 11.9 Å². The molecule has 20 heavy (non-hydrogen) atoms. The summed E-state index contributed by atoms with van der Waals surface area (Å²) in [5, 5.41) is 8.11. The average Bonchev–Trinajstić information content (AvgIpc) is 2.69. The van der Waals surface area contributed by atoms with Crippen molar-refractivity contribution in [1.29, 1.82) is 0 Å². The molecule has 106 valence electrons. The molecule has 1 amide bonds. The Kier molecular flexibility index (Phi) is 3.04. The van der Waals surface area contributed by atoms with Gasteiger partial charge >= 0.3 is 0 Å². The smallest absolute Gasteiger partial charge is 0.221 e. The molecule has 0 aromatic carbocycles. The van der Waals surface area contributed by atoms with Crippen molar-refractivity contribution < 1.29 is 4.79 Å². The van der Waals surface area contributed by atoms with Gasteiger partial charge in [-0.2, -0.15) is 5.10 Å². The number of rotatable bonds is 1. The lowest BCUT2D eigenvalue weighted by Gasteiger charge is -2.28. The number of carbonyl (C=O) groups is 1. The minimum absolute atomic E-state index is 0.0903. The summed E-state index contributed by atoms with van der Waals surface area (Å²) >= 11 is 0. The minimum atomic E-state index is 0.0903. The number of nitrogens with zero attached hydrogens (tertiary/aromatic N) is 5. The predicted molar refractivity (Wildman–Crippen MR) is 75.5 cm³/mol. The van der Waals surface area contributed by atoms with Gasteiger partial charge in [-0.05, 0) is 13.8 Å². The van der Waals surface area contributed by atoms with Crippen LogP contribution in [0.25, 0.3) is 11.0 Å². The fourth-order valence-corrected chi connectivity index (χ4v) is 2.55. The standard InChI is InChI=1S/C13H18N6O/c1-8-6-14-11(20)4-5-19(8)13-10-7-15-18(3)12(10)16-9(2)17-13/h7-8H,4-6H2,1-3H3,(H,14,20). The first kappa shape index (κ1) is 12.8. The first-order valence-corrected chi connectivity index (χ1v) is 6.76. The Morgan fingerprint density at radius 2 is 2.20 bits per heavy atom. The van der Waals surface area contributed by atoms with Crippen LogP contribution in [-0.2, 0) is 11.8 Å². The van der Waals surface area contributed by atoms with E-state index < -0.39 is 0 Å². The molecule has 1 aliphatic heterocycles. The zero-order valence-electron chi connectivity index (χ0n) is 11.9. The van der Waals surface area contributed by atoms with Gasteiger partial charge in [0.25, 0.3) is 0 Å². The number of aryl methyl sites for hydroxylation is 2. The van der Waals surface area contributed by atoms with Gasteiger partial charge in [-0.3, -0.25) is 9.48 Å². The van der Waals surface area contributed by atoms with Crippen LogP contribution < -0.4 is 10.2 Å². The largest absolute Gasteiger partial charge is 0.354 e. The number of carbonyl (C=O) groups excluding carboxylic acids is 1. The van der Waals surface area contributed by atoms with Gasteiger partial charge < -0.3 is 10.2 Å². The van der Waals surface area contributed by atoms with Crippen molar-refractivity contribution in [3.63, 3.8) is 0 Å². The monoisotopic (exact) mass is 274 g/mol. The molecule has 2 aromatic rings. The van der Waals surface area contributed by atoms with Crippen molar-refractivity contribution >= 4 is 22.8 Å². The Labute approximate surface area is 117 Å². The number of aromatic nitrogens is 4. The van der Waals surface area contributed by atoms with Gasteiger partial charge in [0, 0.05) is 32.6 Å². The maximum atomic E-state index is 11.6. The van der Waals surface area contributed by atoms with Crippen molar-refractivity contribution in [3.8, 4) is 0 Å². The van der Waals surface area contributed by atoms with E-state index in [4.69, 9.17) is 0 Å². The van der Waals surface area contributed by atoms with E-state index in [1.165, 1.54) is 0 Å². The van der Waals surface area contributed by atoms with Crippen LogP contribution in [0.5, 0.6) is 0 Å². The molecule has 1 unspecified atom stereocenters. The Morgan fingerprint density at radius 3 is 3.00 bits per heavy atom. The summed E-state index contributed by atoms with van der Waals surface area (Å²) in [6.45, 7) is 5.25. The molecular formula is C13H18N6O. The molecule has 1 aliphatic rings. The molecule has 3 rings (SSSR count). The second-order valence-corrected chi connectivity index (χ2v) is 5.20. The zero-order valence-corrected chi connectivity index (χ0v) is 11.9. The van der Waals surface area contributed by atoms with E-state index in [0.717, 1.165) is 16.9 Å². The number of anilines is 1. The van der Waals surface area contributed by atoms with Crippen molar-refractivity contribution in [1.82, 2.24) is 25.1 Å². The van der Waals surface area contributed by atoms with E-state index >= 15 is 0 Å². The molecule has 2 aromatic heterocycles. The summed E-state index contributed by atoms with van der Waals surface area (Å²) in [6, 6.07) is 0.194. The molecular weight excluding hydrogens is 256 g/mol. The van der Waals surface area contributed by atoms with E-state index in [9.17, 15) is 4.79 Å². The fraction of sp³-hybridized carbons (Fsp3) is 0.538. The first-order valence-electron chi connectivity index (χ1n) is 6.76. The predicted octanol–water partition coefficient (Wildman–Crippen LogP) is 0.387. The lowest BCUT2D eigenvalue weighted by molar-refractivity contribution is -0.120. The van der Waals surface area contributed by atoms with Gasteiger partial charge in [0.05, 0.1) is 11.6 Å². The van der Waals surface area contributed by atoms with E-state index in [0.29, 0.717) is 25.3 Å². The molecule has 3 heterocycles. The van der Waals surface area contributed by atoms with E-state index in [1.807, 2.05) is 14.0 Å². The highest BCUT2D eigenvalue weighted by molar-refractivity contribution is 5.87. The van der Waals surface area contributed by atoms with Crippen LogP contribution in [0.3, 0.4) is 0 Å². The van der Waals surface area contributed by atoms with Crippen molar-refractivity contribution in [2.75, 3.05) is 18.0 Å². The van der Waals surface area contributed by atoms with Crippen LogP contribution in [0, 0.1) is 6.92 Å². The van der Waals surface area contributed by atoms with Gasteiger partial charge in [0.1, 0.15) is 11.6 Å². The van der Waals surface area contributed by atoms with Crippen LogP contribution in [0.15, 0.2) is 6.20 Å². The molecule has 7 nitrogen and oxygen atoms in total. The summed E-state index contributed by atoms with van der Waals surface area (Å²) in [5.74, 6) is 1.67. The summed E-state index contributed by atoms with van der Waals surface area (Å²) in [7, 11) is 1.87. The van der Waals surface area contributed by atoms with Gasteiger partial charge in [-0.25, -0.2) is 9.97 Å². The summed E-state index contributed by atoms with van der Waals surface area (Å²) in [5.41, 5.74) is 0.822. The second kappa shape index (κ2) is 4.73. The Balaban J connectivity index is 2.10. The summed E-state index contributed by atoms with van der Waals surface area (Å²) in [4.78, 5) is 22.7. The second-order valence-electron chi connectivity index (χ2n) is 5.20. The lowest BCUT2D eigenvalue weighted by atomic mass is 10.2. The van der Waals surface area contributed by atoms with Gasteiger partial charge in [-0.15, -0.1) is 0 Å². The van der Waals surface area contributed by atoms with Crippen LogP contribution in [0.2, 0.25) is 0 Å². The first-order chi connectivity index (χ1) is 9.56. The Hall–Kier alpha value is -2.18. The van der Waals surface area contributed by atoms with Gasteiger partial charge in [-0.1, -0.05) is 0 Å². The molecule has 0 bridgehead atoms. The molecule has 1 saturated heterocycles. The molecule has 1 fully saturated rings. The van der Waals surface area contributed by atoms with Crippen molar-refractivity contribution in [3.05, 3.63) is 12.0 Å². The van der Waals surface area contributed by atoms with Gasteiger partial charge in [0.15, 0.2) is 5.65 Å². The molecule has 0 radical (unpaired) electrons. The molecule has 0 saturated carbocycles. The highest BCUT2D eigenvalue weighted by Crippen LogP contribution is 2.25. The van der Waals surface area contributed by atoms with Crippen molar-refractivity contribution in [2.45, 2.75) is 26.3 Å². The fourth-order valence-electron chi connectivity index (χ4n) is 2.55. The highest BCUT2D eigenvalue weighted by atomic mass is 16.1. The Morgan fingerprint density at radius 1 is 1.40 bits per heavy atom. The lowest BCUT2D eigenvalue weighted by Crippen LogP contribution is -2.38. The number of hydrogen-bond acceptors (Lipinski definition) is 5. The van der Waals surface area contributed by atoms with Crippen LogP contribution >= 0.6 is 0 Å². The third-order valence-corrected chi connectivity index (χ3v) is 3.66. The number of amides is 1. The molecule has 1 N–H and O–H groups in total. The third kappa shape index (κ3) is 2.09. The third-order valence-electron chi connectivity index (χ3n) is 3.66. The number of nitrogens with one attached hydrogen (secondary N) is 1. The Bertz CT molecular complexity index is 664. The van der Waals surface area contributed by atoms with Crippen LogP contribution in [-0.4, -0.2) is 44.8 Å². The minimum Gasteiger partial charge on any atom is -0.354 e. The van der Waals surface area contributed by atoms with Crippen molar-refractivity contribution in [2.24, 2.45) is 7.05 Å². The zero-order chi connectivity index (χ0) is 14.3. The quantitative estimate of drug-likeness (QED) is 0.814. The van der Waals surface area contributed by atoms with E-state index in [1.54, 1.807) is 10.9 Å². The molecule has 7 heteroatoms. The number of hydrogen-bond donors (Lipinski definition) is 1. The number of fused-ring (bicyclic) bond motifs is 1. The topological polar surface area (TPSA) is 75.9 Å². The maximum Gasteiger partial charge on any atom is 0.221 e. The van der Waals surface area contributed by atoms with E-state index in [2.05, 4.69) is 32.2 Å². The molecule has 0 aliphatic carbocycles. The average molecular weight is 274 g/mol. The highest BCUT2D eigenvalue weighted by Gasteiger charge is 2.24.